The number of aryl methyl sites for hydroxylation is 2. The minimum atomic E-state index is 0.0857. The van der Waals surface area contributed by atoms with Gasteiger partial charge in [-0.25, -0.2) is 0 Å². The van der Waals surface area contributed by atoms with Crippen LogP contribution >= 0.6 is 0 Å². The van der Waals surface area contributed by atoms with Gasteiger partial charge >= 0.3 is 0 Å². The van der Waals surface area contributed by atoms with Crippen molar-refractivity contribution in [3.63, 3.8) is 0 Å². The zero-order valence-electron chi connectivity index (χ0n) is 11.7. The molecule has 20 heavy (non-hydrogen) atoms. The van der Waals surface area contributed by atoms with E-state index in [4.69, 9.17) is 0 Å². The maximum Gasteiger partial charge on any atom is 0.195 e. The Morgan fingerprint density at radius 2 is 1.85 bits per heavy atom. The van der Waals surface area contributed by atoms with Gasteiger partial charge in [-0.05, 0) is 24.5 Å². The highest BCUT2D eigenvalue weighted by molar-refractivity contribution is 6.17. The molecule has 0 unspecified atom stereocenters. The van der Waals surface area contributed by atoms with Gasteiger partial charge < -0.3 is 4.98 Å². The highest BCUT2D eigenvalue weighted by Gasteiger charge is 2.16. The lowest BCUT2D eigenvalue weighted by Crippen LogP contribution is -2.02. The van der Waals surface area contributed by atoms with Gasteiger partial charge in [0.15, 0.2) is 5.78 Å². The summed E-state index contributed by atoms with van der Waals surface area (Å²) in [6, 6.07) is 13.9. The highest BCUT2D eigenvalue weighted by atomic mass is 16.1. The first-order chi connectivity index (χ1) is 9.72. The fourth-order valence-electron chi connectivity index (χ4n) is 2.67. The van der Waals surface area contributed by atoms with Gasteiger partial charge in [0.05, 0.1) is 0 Å². The number of hydrogen-bond donors (Lipinski definition) is 1. The Balaban J connectivity index is 2.16. The molecule has 0 spiro atoms. The third-order valence-corrected chi connectivity index (χ3v) is 3.82. The quantitative estimate of drug-likeness (QED) is 0.703. The Morgan fingerprint density at radius 3 is 2.60 bits per heavy atom. The second-order valence-corrected chi connectivity index (χ2v) is 5.04. The van der Waals surface area contributed by atoms with Crippen molar-refractivity contribution in [2.24, 2.45) is 0 Å². The molecule has 0 saturated heterocycles. The molecule has 1 N–H and O–H groups in total. The Morgan fingerprint density at radius 1 is 1.05 bits per heavy atom. The average Bonchev–Trinajstić information content (AvgIpc) is 2.91. The van der Waals surface area contributed by atoms with Crippen molar-refractivity contribution in [1.82, 2.24) is 4.98 Å². The normalized spacial score (nSPS) is 10.9. The number of hydrogen-bond acceptors (Lipinski definition) is 1. The van der Waals surface area contributed by atoms with E-state index in [0.717, 1.165) is 34.0 Å². The van der Waals surface area contributed by atoms with Crippen LogP contribution in [0.5, 0.6) is 0 Å². The molecule has 0 aliphatic rings. The number of carbonyl (C=O) groups excluding carboxylic acids is 1. The predicted octanol–water partition coefficient (Wildman–Crippen LogP) is 4.27. The predicted molar refractivity (Wildman–Crippen MR) is 82.3 cm³/mol. The molecule has 3 aromatic rings. The molecule has 3 rings (SSSR count). The van der Waals surface area contributed by atoms with E-state index in [2.05, 4.69) is 18.0 Å². The number of H-pyrrole nitrogens is 1. The summed E-state index contributed by atoms with van der Waals surface area (Å²) in [5.41, 5.74) is 4.86. The van der Waals surface area contributed by atoms with Crippen molar-refractivity contribution in [3.8, 4) is 0 Å². The molecule has 2 aromatic carbocycles. The minimum absolute atomic E-state index is 0.0857. The van der Waals surface area contributed by atoms with Gasteiger partial charge in [-0.3, -0.25) is 4.79 Å². The molecule has 0 amide bonds. The van der Waals surface area contributed by atoms with Crippen molar-refractivity contribution in [2.45, 2.75) is 20.3 Å². The number of ketones is 1. The summed E-state index contributed by atoms with van der Waals surface area (Å²) in [6.45, 7) is 4.10. The summed E-state index contributed by atoms with van der Waals surface area (Å²) in [4.78, 5) is 16.0. The van der Waals surface area contributed by atoms with E-state index in [9.17, 15) is 4.79 Å². The first-order valence-corrected chi connectivity index (χ1v) is 6.91. The monoisotopic (exact) mass is 263 g/mol. The van der Waals surface area contributed by atoms with Crippen LogP contribution in [-0.2, 0) is 6.42 Å². The number of aromatic amines is 1. The van der Waals surface area contributed by atoms with Crippen LogP contribution in [0.15, 0.2) is 48.7 Å². The van der Waals surface area contributed by atoms with Crippen molar-refractivity contribution in [1.29, 1.82) is 0 Å². The smallest absolute Gasteiger partial charge is 0.195 e. The van der Waals surface area contributed by atoms with Crippen LogP contribution in [0, 0.1) is 6.92 Å². The largest absolute Gasteiger partial charge is 0.360 e. The summed E-state index contributed by atoms with van der Waals surface area (Å²) in [7, 11) is 0. The highest BCUT2D eigenvalue weighted by Crippen LogP contribution is 2.25. The van der Waals surface area contributed by atoms with Crippen LogP contribution in [0.3, 0.4) is 0 Å². The summed E-state index contributed by atoms with van der Waals surface area (Å²) >= 11 is 0. The van der Waals surface area contributed by atoms with Crippen LogP contribution in [0.2, 0.25) is 0 Å². The maximum atomic E-state index is 12.7. The first-order valence-electron chi connectivity index (χ1n) is 6.91. The number of rotatable bonds is 3. The van der Waals surface area contributed by atoms with E-state index in [1.807, 2.05) is 49.5 Å². The van der Waals surface area contributed by atoms with Gasteiger partial charge in [0.2, 0.25) is 0 Å². The molecule has 0 bridgehead atoms. The fraction of sp³-hybridized carbons (Fsp3) is 0.167. The molecule has 1 aromatic heterocycles. The molecule has 0 fully saturated rings. The van der Waals surface area contributed by atoms with E-state index in [1.54, 1.807) is 0 Å². The van der Waals surface area contributed by atoms with Gasteiger partial charge in [-0.1, -0.05) is 49.4 Å². The van der Waals surface area contributed by atoms with Crippen LogP contribution < -0.4 is 0 Å². The average molecular weight is 263 g/mol. The Bertz CT molecular complexity index is 783. The number of fused-ring (bicyclic) bond motifs is 1. The van der Waals surface area contributed by atoms with E-state index < -0.39 is 0 Å². The van der Waals surface area contributed by atoms with Crippen molar-refractivity contribution >= 4 is 16.7 Å². The van der Waals surface area contributed by atoms with Gasteiger partial charge in [-0.2, -0.15) is 0 Å². The summed E-state index contributed by atoms with van der Waals surface area (Å²) in [6.07, 6.45) is 2.79. The van der Waals surface area contributed by atoms with Crippen LogP contribution in [0.4, 0.5) is 0 Å². The van der Waals surface area contributed by atoms with E-state index in [0.29, 0.717) is 0 Å². The molecule has 0 atom stereocenters. The van der Waals surface area contributed by atoms with Gasteiger partial charge in [0.25, 0.3) is 0 Å². The second kappa shape index (κ2) is 4.97. The van der Waals surface area contributed by atoms with Gasteiger partial charge in [0, 0.05) is 28.2 Å². The number of benzene rings is 2. The third-order valence-electron chi connectivity index (χ3n) is 3.82. The van der Waals surface area contributed by atoms with E-state index in [1.165, 1.54) is 5.56 Å². The second-order valence-electron chi connectivity index (χ2n) is 5.04. The molecule has 0 saturated carbocycles. The molecule has 0 aliphatic carbocycles. The van der Waals surface area contributed by atoms with Crippen molar-refractivity contribution in [2.75, 3.05) is 0 Å². The summed E-state index contributed by atoms with van der Waals surface area (Å²) in [5, 5.41) is 1.01. The summed E-state index contributed by atoms with van der Waals surface area (Å²) in [5.74, 6) is 0.0857. The number of nitrogens with one attached hydrogen (secondary N) is 1. The van der Waals surface area contributed by atoms with Crippen molar-refractivity contribution in [3.05, 3.63) is 70.9 Å². The maximum absolute atomic E-state index is 12.7. The van der Waals surface area contributed by atoms with Crippen LogP contribution in [0.25, 0.3) is 10.9 Å². The standard InChI is InChI=1S/C18H17NO/c1-3-13-8-6-10-15-16(11-19-17(13)15)18(20)14-9-5-4-7-12(14)2/h4-11,19H,3H2,1-2H3. The molecule has 0 aliphatic heterocycles. The molecule has 1 heterocycles. The molecule has 100 valence electrons. The molecule has 0 radical (unpaired) electrons. The van der Waals surface area contributed by atoms with Gasteiger partial charge in [0.1, 0.15) is 0 Å². The number of aromatic nitrogens is 1. The van der Waals surface area contributed by atoms with Crippen LogP contribution in [-0.4, -0.2) is 10.8 Å². The first kappa shape index (κ1) is 12.7. The zero-order chi connectivity index (χ0) is 14.1. The van der Waals surface area contributed by atoms with E-state index in [-0.39, 0.29) is 5.78 Å². The van der Waals surface area contributed by atoms with E-state index >= 15 is 0 Å². The molecule has 2 nitrogen and oxygen atoms in total. The topological polar surface area (TPSA) is 32.9 Å². The molecule has 2 heteroatoms. The van der Waals surface area contributed by atoms with Crippen molar-refractivity contribution < 1.29 is 4.79 Å². The number of carbonyl (C=O) groups is 1. The Kier molecular flexibility index (Phi) is 3.15. The Hall–Kier alpha value is -2.35. The lowest BCUT2D eigenvalue weighted by Gasteiger charge is -2.04. The third kappa shape index (κ3) is 1.94. The lowest BCUT2D eigenvalue weighted by molar-refractivity contribution is 0.104. The Labute approximate surface area is 118 Å². The SMILES string of the molecule is CCc1cccc2c(C(=O)c3ccccc3C)c[nH]c12. The molecular weight excluding hydrogens is 246 g/mol. The summed E-state index contributed by atoms with van der Waals surface area (Å²) < 4.78 is 0. The number of para-hydroxylation sites is 1. The van der Waals surface area contributed by atoms with Gasteiger partial charge in [-0.15, -0.1) is 0 Å². The fourth-order valence-corrected chi connectivity index (χ4v) is 2.67. The van der Waals surface area contributed by atoms with Crippen LogP contribution in [0.1, 0.15) is 34.0 Å². The minimum Gasteiger partial charge on any atom is -0.360 e. The lowest BCUT2D eigenvalue weighted by atomic mass is 9.98. The zero-order valence-corrected chi connectivity index (χ0v) is 11.7. The molecular formula is C18H17NO.